The van der Waals surface area contributed by atoms with Crippen molar-refractivity contribution in [3.63, 3.8) is 0 Å². The third-order valence-corrected chi connectivity index (χ3v) is 9.00. The third-order valence-electron chi connectivity index (χ3n) is 6.97. The van der Waals surface area contributed by atoms with Gasteiger partial charge in [-0.05, 0) is 35.0 Å². The zero-order valence-corrected chi connectivity index (χ0v) is 35.0. The maximum absolute atomic E-state index is 5.93. The normalized spacial score (nSPS) is 12.4. The number of nitrogens with zero attached hydrogens (tertiary/aromatic N) is 6. The second kappa shape index (κ2) is 16.3. The van der Waals surface area contributed by atoms with E-state index < -0.39 is 15.2 Å². The molecule has 52 heavy (non-hydrogen) atoms. The molecule has 4 aromatic carbocycles. The van der Waals surface area contributed by atoms with Crippen molar-refractivity contribution in [2.45, 2.75) is 15.2 Å². The van der Waals surface area contributed by atoms with Crippen LogP contribution in [0.2, 0.25) is 0 Å². The number of alkyl halides is 12. The number of rotatable bonds is 4. The summed E-state index contributed by atoms with van der Waals surface area (Å²) in [4.78, 5) is 25.0. The van der Waals surface area contributed by atoms with E-state index >= 15 is 0 Å². The van der Waals surface area contributed by atoms with Crippen LogP contribution in [0.1, 0.15) is 24.7 Å². The minimum atomic E-state index is -1.91. The van der Waals surface area contributed by atoms with Crippen LogP contribution in [0.5, 0.6) is 11.5 Å². The maximum Gasteiger partial charge on any atom is 0.250 e. The highest BCUT2D eigenvalue weighted by molar-refractivity contribution is 6.68. The van der Waals surface area contributed by atoms with Gasteiger partial charge in [-0.25, -0.2) is 29.9 Å². The van der Waals surface area contributed by atoms with Crippen molar-refractivity contribution in [2.24, 2.45) is 0 Å². The molecule has 0 saturated carbocycles. The summed E-state index contributed by atoms with van der Waals surface area (Å²) in [6, 6.07) is 22.2. The van der Waals surface area contributed by atoms with E-state index in [-0.39, 0.29) is 36.4 Å². The predicted molar refractivity (Wildman–Crippen MR) is 218 cm³/mol. The van der Waals surface area contributed by atoms with Crippen molar-refractivity contribution in [3.05, 3.63) is 96.1 Å². The molecule has 274 valence electrons. The average Bonchev–Trinajstić information content (AvgIpc) is 3.09. The number of aromatic nitrogens is 6. The summed E-state index contributed by atoms with van der Waals surface area (Å²) in [5.41, 5.74) is 1.30. The number of hydrogen-bond donors (Lipinski definition) is 0. The summed E-state index contributed by atoms with van der Waals surface area (Å²) in [6.07, 6.45) is 0. The van der Waals surface area contributed by atoms with Gasteiger partial charge in [-0.1, -0.05) is 188 Å². The van der Waals surface area contributed by atoms with E-state index in [0.29, 0.717) is 22.6 Å². The standard InChI is InChI=1S/2C16H9Cl6N3O.H2/c2*1-26-11-7-6-10(8-4-2-3-5-9(8)11)12-23-13(15(17,18)19)25-14(24-12)16(20,21)22;/h2*2-7H,1H3;1H. The van der Waals surface area contributed by atoms with E-state index in [4.69, 9.17) is 149 Å². The molecule has 6 aromatic rings. The summed E-state index contributed by atoms with van der Waals surface area (Å²) >= 11 is 71.2. The Morgan fingerprint density at radius 3 is 0.904 bits per heavy atom. The van der Waals surface area contributed by atoms with Crippen LogP contribution in [0.15, 0.2) is 72.8 Å². The monoisotopic (exact) mass is 940 g/mol. The van der Waals surface area contributed by atoms with Crippen molar-refractivity contribution >= 4 is 161 Å². The first kappa shape index (κ1) is 41.7. The van der Waals surface area contributed by atoms with Gasteiger partial charge in [0.1, 0.15) is 11.5 Å². The minimum Gasteiger partial charge on any atom is -0.496 e. The molecule has 0 fully saturated rings. The average molecular weight is 946 g/mol. The van der Waals surface area contributed by atoms with E-state index in [1.807, 2.05) is 48.5 Å². The Labute approximate surface area is 358 Å². The fourth-order valence-corrected chi connectivity index (χ4v) is 5.80. The Hall–Kier alpha value is -1.50. The van der Waals surface area contributed by atoms with Gasteiger partial charge in [0.25, 0.3) is 0 Å². The molecule has 0 amide bonds. The summed E-state index contributed by atoms with van der Waals surface area (Å²) in [5.74, 6) is 1.23. The van der Waals surface area contributed by atoms with Gasteiger partial charge in [0.15, 0.2) is 34.9 Å². The van der Waals surface area contributed by atoms with Crippen LogP contribution in [-0.2, 0) is 15.2 Å². The number of methoxy groups -OCH3 is 2. The number of ether oxygens (including phenoxy) is 2. The summed E-state index contributed by atoms with van der Waals surface area (Å²) < 4.78 is 3.14. The molecule has 0 N–H and O–H groups in total. The maximum atomic E-state index is 5.93. The van der Waals surface area contributed by atoms with Crippen molar-refractivity contribution in [1.82, 2.24) is 29.9 Å². The lowest BCUT2D eigenvalue weighted by Gasteiger charge is -2.16. The molecule has 0 radical (unpaired) electrons. The van der Waals surface area contributed by atoms with E-state index in [0.717, 1.165) is 21.5 Å². The van der Waals surface area contributed by atoms with Crippen molar-refractivity contribution in [2.75, 3.05) is 14.2 Å². The van der Waals surface area contributed by atoms with Gasteiger partial charge in [-0.3, -0.25) is 0 Å². The van der Waals surface area contributed by atoms with Crippen molar-refractivity contribution in [3.8, 4) is 34.3 Å². The summed E-state index contributed by atoms with van der Waals surface area (Å²) in [7, 11) is 3.18. The highest BCUT2D eigenvalue weighted by Gasteiger charge is 2.35. The highest BCUT2D eigenvalue weighted by atomic mass is 35.6. The van der Waals surface area contributed by atoms with E-state index in [1.54, 1.807) is 38.5 Å². The van der Waals surface area contributed by atoms with E-state index in [9.17, 15) is 0 Å². The zero-order chi connectivity index (χ0) is 38.2. The zero-order valence-electron chi connectivity index (χ0n) is 26.0. The van der Waals surface area contributed by atoms with Crippen molar-refractivity contribution < 1.29 is 10.9 Å². The molecular weight excluding hydrogens is 926 g/mol. The van der Waals surface area contributed by atoms with Crippen LogP contribution in [0, 0.1) is 0 Å². The van der Waals surface area contributed by atoms with Gasteiger partial charge in [-0.15, -0.1) is 0 Å². The summed E-state index contributed by atoms with van der Waals surface area (Å²) in [5, 5.41) is 3.37. The molecule has 0 aliphatic heterocycles. The van der Waals surface area contributed by atoms with Gasteiger partial charge in [0.05, 0.1) is 14.2 Å². The molecular formula is C32H20Cl12N6O2. The van der Waals surface area contributed by atoms with Gasteiger partial charge in [0, 0.05) is 23.3 Å². The largest absolute Gasteiger partial charge is 0.496 e. The Balaban J connectivity index is 0.000000232. The van der Waals surface area contributed by atoms with Gasteiger partial charge in [-0.2, -0.15) is 0 Å². The molecule has 0 unspecified atom stereocenters. The molecule has 2 aromatic heterocycles. The quantitative estimate of drug-likeness (QED) is 0.161. The highest BCUT2D eigenvalue weighted by Crippen LogP contribution is 2.43. The first-order valence-electron chi connectivity index (χ1n) is 14.2. The molecule has 8 nitrogen and oxygen atoms in total. The number of fused-ring (bicyclic) bond motifs is 2. The van der Waals surface area contributed by atoms with E-state index in [2.05, 4.69) is 29.9 Å². The van der Waals surface area contributed by atoms with Crippen LogP contribution in [0.3, 0.4) is 0 Å². The Morgan fingerprint density at radius 1 is 0.385 bits per heavy atom. The summed E-state index contributed by atoms with van der Waals surface area (Å²) in [6.45, 7) is 0. The first-order valence-corrected chi connectivity index (χ1v) is 18.7. The lowest BCUT2D eigenvalue weighted by molar-refractivity contribution is 0.420. The Bertz CT molecular complexity index is 2040. The SMILES string of the molecule is COc1ccc(-c2nc(C(Cl)(Cl)Cl)nc(C(Cl)(Cl)Cl)n2)c2ccccc12.COc1ccc(-c2nc(C(Cl)(Cl)Cl)nc(C(Cl)(Cl)Cl)n2)c2ccccc12.[HH]. The van der Waals surface area contributed by atoms with Crippen LogP contribution in [-0.4, -0.2) is 44.1 Å². The third kappa shape index (κ3) is 9.65. The number of hydrogen-bond acceptors (Lipinski definition) is 8. The molecule has 0 aliphatic carbocycles. The predicted octanol–water partition coefficient (Wildman–Crippen LogP) is 13.0. The van der Waals surface area contributed by atoms with Crippen LogP contribution in [0.25, 0.3) is 44.3 Å². The first-order chi connectivity index (χ1) is 24.2. The Morgan fingerprint density at radius 2 is 0.654 bits per heavy atom. The molecule has 0 aliphatic rings. The Kier molecular flexibility index (Phi) is 13.1. The van der Waals surface area contributed by atoms with Gasteiger partial charge in [0.2, 0.25) is 15.2 Å². The van der Waals surface area contributed by atoms with Crippen LogP contribution >= 0.6 is 139 Å². The van der Waals surface area contributed by atoms with Crippen molar-refractivity contribution in [1.29, 1.82) is 0 Å². The van der Waals surface area contributed by atoms with Crippen LogP contribution < -0.4 is 9.47 Å². The second-order valence-corrected chi connectivity index (χ2v) is 19.5. The molecule has 20 heteroatoms. The molecule has 6 rings (SSSR count). The molecule has 0 saturated heterocycles. The lowest BCUT2D eigenvalue weighted by atomic mass is 10.0. The number of benzene rings is 4. The number of halogens is 12. The topological polar surface area (TPSA) is 95.8 Å². The second-order valence-electron chi connectivity index (χ2n) is 10.3. The van der Waals surface area contributed by atoms with Gasteiger partial charge < -0.3 is 9.47 Å². The van der Waals surface area contributed by atoms with E-state index in [1.165, 1.54) is 0 Å². The van der Waals surface area contributed by atoms with Crippen LogP contribution in [0.4, 0.5) is 0 Å². The molecule has 0 atom stereocenters. The fourth-order valence-electron chi connectivity index (χ4n) is 4.79. The van der Waals surface area contributed by atoms with Gasteiger partial charge >= 0.3 is 0 Å². The molecule has 2 heterocycles. The minimum absolute atomic E-state index is 0. The lowest BCUT2D eigenvalue weighted by Crippen LogP contribution is -2.16. The molecule has 0 spiro atoms. The smallest absolute Gasteiger partial charge is 0.250 e. The molecule has 0 bridgehead atoms. The fraction of sp³-hybridized carbons (Fsp3) is 0.188.